The Hall–Kier alpha value is -1.64. The molecule has 1 atom stereocenters. The number of anilines is 1. The van der Waals surface area contributed by atoms with Gasteiger partial charge in [-0.3, -0.25) is 0 Å². The van der Waals surface area contributed by atoms with Crippen LogP contribution in [0.2, 0.25) is 0 Å². The molecule has 0 saturated heterocycles. The van der Waals surface area contributed by atoms with Crippen molar-refractivity contribution in [1.82, 2.24) is 0 Å². The lowest BCUT2D eigenvalue weighted by Crippen LogP contribution is -2.43. The first kappa shape index (κ1) is 14.3. The van der Waals surface area contributed by atoms with Crippen molar-refractivity contribution in [3.05, 3.63) is 30.4 Å². The van der Waals surface area contributed by atoms with Crippen LogP contribution in [-0.4, -0.2) is 20.3 Å². The third-order valence-electron chi connectivity index (χ3n) is 5.22. The van der Waals surface area contributed by atoms with Gasteiger partial charge in [-0.1, -0.05) is 18.9 Å². The molecule has 1 fully saturated rings. The van der Waals surface area contributed by atoms with E-state index in [0.29, 0.717) is 11.5 Å². The summed E-state index contributed by atoms with van der Waals surface area (Å²) in [6, 6.07) is 4.71. The second-order valence-electron chi connectivity index (χ2n) is 6.33. The van der Waals surface area contributed by atoms with Crippen molar-refractivity contribution in [3.63, 3.8) is 0 Å². The summed E-state index contributed by atoms with van der Waals surface area (Å²) in [5, 5.41) is 3.75. The molecule has 21 heavy (non-hydrogen) atoms. The van der Waals surface area contributed by atoms with Gasteiger partial charge >= 0.3 is 0 Å². The smallest absolute Gasteiger partial charge is 0.162 e. The van der Waals surface area contributed by atoms with Gasteiger partial charge in [0, 0.05) is 17.8 Å². The zero-order chi connectivity index (χ0) is 14.9. The quantitative estimate of drug-likeness (QED) is 0.843. The van der Waals surface area contributed by atoms with Crippen molar-refractivity contribution >= 4 is 5.69 Å². The van der Waals surface area contributed by atoms with Crippen LogP contribution in [-0.2, 0) is 6.42 Å². The molecule has 1 saturated carbocycles. The van der Waals surface area contributed by atoms with E-state index in [-0.39, 0.29) is 0 Å². The molecule has 3 nitrogen and oxygen atoms in total. The van der Waals surface area contributed by atoms with Gasteiger partial charge in [-0.05, 0) is 42.7 Å². The minimum atomic E-state index is 0.390. The maximum absolute atomic E-state index is 5.46. The Morgan fingerprint density at radius 3 is 2.52 bits per heavy atom. The molecular weight excluding hydrogens is 262 g/mol. The van der Waals surface area contributed by atoms with Crippen molar-refractivity contribution in [1.29, 1.82) is 0 Å². The lowest BCUT2D eigenvalue weighted by atomic mass is 9.70. The highest BCUT2D eigenvalue weighted by molar-refractivity contribution is 5.63. The minimum absolute atomic E-state index is 0.390. The van der Waals surface area contributed by atoms with Crippen LogP contribution >= 0.6 is 0 Å². The molecule has 1 aliphatic carbocycles. The zero-order valence-electron chi connectivity index (χ0n) is 13.1. The third kappa shape index (κ3) is 2.39. The highest BCUT2D eigenvalue weighted by Crippen LogP contribution is 2.51. The molecular formula is C18H25NO2. The third-order valence-corrected chi connectivity index (χ3v) is 5.22. The van der Waals surface area contributed by atoms with Gasteiger partial charge in [-0.15, -0.1) is 6.58 Å². The molecule has 2 aliphatic rings. The van der Waals surface area contributed by atoms with Crippen molar-refractivity contribution in [2.24, 2.45) is 5.41 Å². The van der Waals surface area contributed by atoms with Crippen molar-refractivity contribution in [3.8, 4) is 11.5 Å². The fourth-order valence-electron chi connectivity index (χ4n) is 4.12. The van der Waals surface area contributed by atoms with Gasteiger partial charge in [0.15, 0.2) is 11.5 Å². The summed E-state index contributed by atoms with van der Waals surface area (Å²) >= 11 is 0. The number of fused-ring (bicyclic) bond motifs is 1. The summed E-state index contributed by atoms with van der Waals surface area (Å²) in [4.78, 5) is 0. The number of benzene rings is 1. The molecule has 1 aromatic carbocycles. The summed E-state index contributed by atoms with van der Waals surface area (Å²) in [6.07, 6.45) is 9.51. The Kier molecular flexibility index (Phi) is 3.83. The van der Waals surface area contributed by atoms with Gasteiger partial charge in [0.05, 0.1) is 14.2 Å². The Labute approximate surface area is 127 Å². The van der Waals surface area contributed by atoms with E-state index in [2.05, 4.69) is 24.0 Å². The van der Waals surface area contributed by atoms with Gasteiger partial charge in [-0.2, -0.15) is 0 Å². The number of methoxy groups -OCH3 is 2. The second kappa shape index (κ2) is 5.63. The van der Waals surface area contributed by atoms with Crippen LogP contribution in [0.25, 0.3) is 0 Å². The van der Waals surface area contributed by atoms with Crippen LogP contribution in [0.3, 0.4) is 0 Å². The summed E-state index contributed by atoms with van der Waals surface area (Å²) in [5.41, 5.74) is 2.94. The number of nitrogens with one attached hydrogen (secondary N) is 1. The van der Waals surface area contributed by atoms with Crippen LogP contribution in [0.5, 0.6) is 11.5 Å². The van der Waals surface area contributed by atoms with Crippen LogP contribution < -0.4 is 14.8 Å². The molecule has 0 amide bonds. The van der Waals surface area contributed by atoms with E-state index in [1.165, 1.54) is 36.9 Å². The van der Waals surface area contributed by atoms with Crippen LogP contribution in [0.1, 0.15) is 37.7 Å². The maximum Gasteiger partial charge on any atom is 0.162 e. The highest BCUT2D eigenvalue weighted by Gasteiger charge is 2.44. The van der Waals surface area contributed by atoms with E-state index in [0.717, 1.165) is 24.3 Å². The summed E-state index contributed by atoms with van der Waals surface area (Å²) in [5.74, 6) is 1.62. The lowest BCUT2D eigenvalue weighted by molar-refractivity contribution is 0.234. The molecule has 0 aromatic heterocycles. The summed E-state index contributed by atoms with van der Waals surface area (Å²) < 4.78 is 10.9. The van der Waals surface area contributed by atoms with Crippen molar-refractivity contribution < 1.29 is 9.47 Å². The topological polar surface area (TPSA) is 30.5 Å². The van der Waals surface area contributed by atoms with Crippen LogP contribution in [0.15, 0.2) is 24.8 Å². The first-order valence-electron chi connectivity index (χ1n) is 7.85. The normalized spacial score (nSPS) is 22.5. The Balaban J connectivity index is 2.00. The molecule has 1 spiro atoms. The fourth-order valence-corrected chi connectivity index (χ4v) is 4.12. The molecule has 1 aromatic rings. The van der Waals surface area contributed by atoms with Gasteiger partial charge in [0.1, 0.15) is 0 Å². The van der Waals surface area contributed by atoms with E-state index in [1.807, 2.05) is 6.08 Å². The lowest BCUT2D eigenvalue weighted by Gasteiger charge is -2.43. The van der Waals surface area contributed by atoms with E-state index in [9.17, 15) is 0 Å². The zero-order valence-corrected chi connectivity index (χ0v) is 13.1. The molecule has 1 aliphatic heterocycles. The Bertz CT molecular complexity index is 532. The molecule has 3 heteroatoms. The molecule has 114 valence electrons. The van der Waals surface area contributed by atoms with Crippen LogP contribution in [0, 0.1) is 5.41 Å². The first-order valence-corrected chi connectivity index (χ1v) is 7.85. The predicted molar refractivity (Wildman–Crippen MR) is 86.4 cm³/mol. The number of rotatable bonds is 4. The van der Waals surface area contributed by atoms with Gasteiger partial charge < -0.3 is 14.8 Å². The average Bonchev–Trinajstić information content (AvgIpc) is 2.96. The number of ether oxygens (including phenoxy) is 2. The monoisotopic (exact) mass is 287 g/mol. The molecule has 1 unspecified atom stereocenters. The van der Waals surface area contributed by atoms with Crippen molar-refractivity contribution in [2.75, 3.05) is 19.5 Å². The molecule has 0 radical (unpaired) electrons. The van der Waals surface area contributed by atoms with E-state index >= 15 is 0 Å². The fraction of sp³-hybridized carbons (Fsp3) is 0.556. The molecule has 1 N–H and O–H groups in total. The van der Waals surface area contributed by atoms with Gasteiger partial charge in [0.2, 0.25) is 0 Å². The SMILES string of the molecule is C=CCC1Nc2cc(OC)c(OC)cc2CC12CCCC2. The summed E-state index contributed by atoms with van der Waals surface area (Å²) in [7, 11) is 3.39. The highest BCUT2D eigenvalue weighted by atomic mass is 16.5. The van der Waals surface area contributed by atoms with Gasteiger partial charge in [0.25, 0.3) is 0 Å². The largest absolute Gasteiger partial charge is 0.493 e. The Morgan fingerprint density at radius 2 is 1.90 bits per heavy atom. The predicted octanol–water partition coefficient (Wildman–Crippen LogP) is 4.18. The summed E-state index contributed by atoms with van der Waals surface area (Å²) in [6.45, 7) is 3.94. The Morgan fingerprint density at radius 1 is 1.24 bits per heavy atom. The van der Waals surface area contributed by atoms with E-state index in [4.69, 9.17) is 9.47 Å². The first-order chi connectivity index (χ1) is 10.2. The minimum Gasteiger partial charge on any atom is -0.493 e. The molecule has 0 bridgehead atoms. The number of hydrogen-bond acceptors (Lipinski definition) is 3. The second-order valence-corrected chi connectivity index (χ2v) is 6.33. The van der Waals surface area contributed by atoms with E-state index in [1.54, 1.807) is 14.2 Å². The molecule has 3 rings (SSSR count). The molecule has 1 heterocycles. The number of hydrogen-bond donors (Lipinski definition) is 1. The van der Waals surface area contributed by atoms with E-state index < -0.39 is 0 Å². The standard InChI is InChI=1S/C18H25NO2/c1-4-7-17-18(8-5-6-9-18)12-13-10-15(20-2)16(21-3)11-14(13)19-17/h4,10-11,17,19H,1,5-9,12H2,2-3H3. The van der Waals surface area contributed by atoms with Gasteiger partial charge in [-0.25, -0.2) is 0 Å². The maximum atomic E-state index is 5.46. The van der Waals surface area contributed by atoms with Crippen molar-refractivity contribution in [2.45, 2.75) is 44.6 Å². The average molecular weight is 287 g/mol. The van der Waals surface area contributed by atoms with Crippen LogP contribution in [0.4, 0.5) is 5.69 Å².